The molecule has 4 rings (SSSR count). The summed E-state index contributed by atoms with van der Waals surface area (Å²) in [6, 6.07) is 9.17. The number of likely N-dealkylation sites (tertiary alicyclic amines) is 1. The lowest BCUT2D eigenvalue weighted by Gasteiger charge is -2.47. The molecular weight excluding hydrogens is 332 g/mol. The third-order valence-corrected chi connectivity index (χ3v) is 7.07. The van der Waals surface area contributed by atoms with Gasteiger partial charge in [0.2, 0.25) is 5.91 Å². The third kappa shape index (κ3) is 4.23. The minimum Gasteiger partial charge on any atom is -0.349 e. The van der Waals surface area contributed by atoms with Crippen molar-refractivity contribution < 1.29 is 4.79 Å². The molecule has 1 amide bonds. The molecule has 1 atom stereocenters. The van der Waals surface area contributed by atoms with Crippen molar-refractivity contribution in [3.8, 4) is 0 Å². The number of rotatable bonds is 4. The number of benzene rings is 1. The molecule has 0 aromatic heterocycles. The van der Waals surface area contributed by atoms with Gasteiger partial charge in [-0.1, -0.05) is 45.0 Å². The lowest BCUT2D eigenvalue weighted by atomic mass is 9.63. The fraction of sp³-hybridized carbons (Fsp3) is 0.708. The van der Waals surface area contributed by atoms with Gasteiger partial charge in [-0.3, -0.25) is 4.79 Å². The van der Waals surface area contributed by atoms with E-state index in [1.807, 2.05) is 0 Å². The van der Waals surface area contributed by atoms with Gasteiger partial charge >= 0.3 is 0 Å². The number of carbonyl (C=O) groups is 1. The summed E-state index contributed by atoms with van der Waals surface area (Å²) in [5.41, 5.74) is 3.66. The fourth-order valence-electron chi connectivity index (χ4n) is 5.00. The van der Waals surface area contributed by atoms with Crippen LogP contribution in [-0.2, 0) is 10.2 Å². The zero-order chi connectivity index (χ0) is 19.1. The Labute approximate surface area is 164 Å². The van der Waals surface area contributed by atoms with Gasteiger partial charge in [-0.25, -0.2) is 0 Å². The van der Waals surface area contributed by atoms with E-state index in [1.165, 1.54) is 56.4 Å². The van der Waals surface area contributed by atoms with Crippen LogP contribution >= 0.6 is 0 Å². The number of piperidine rings is 1. The van der Waals surface area contributed by atoms with Gasteiger partial charge in [0.25, 0.3) is 0 Å². The van der Waals surface area contributed by atoms with Gasteiger partial charge in [0, 0.05) is 5.92 Å². The van der Waals surface area contributed by atoms with E-state index in [0.29, 0.717) is 16.7 Å². The number of nitrogens with zero attached hydrogens (tertiary/aromatic N) is 1. The van der Waals surface area contributed by atoms with Crippen LogP contribution in [0.2, 0.25) is 0 Å². The summed E-state index contributed by atoms with van der Waals surface area (Å²) < 4.78 is 0. The highest BCUT2D eigenvalue weighted by Crippen LogP contribution is 2.48. The second-order valence-corrected chi connectivity index (χ2v) is 10.4. The van der Waals surface area contributed by atoms with E-state index in [2.05, 4.69) is 55.3 Å². The standard InChI is InChI=1S/C24H36N2O/c1-23(2,3)12-15-26-16-13-24(14-17-26)11-10-21(25-22(27)18-8-9-18)19-6-4-5-7-20(19)24/h4-7,18,21H,8-17H2,1-3H3,(H,25,27)/t21-/m0/s1. The van der Waals surface area contributed by atoms with E-state index in [4.69, 9.17) is 0 Å². The van der Waals surface area contributed by atoms with Gasteiger partial charge in [-0.15, -0.1) is 0 Å². The van der Waals surface area contributed by atoms with E-state index in [9.17, 15) is 4.79 Å². The van der Waals surface area contributed by atoms with Crippen molar-refractivity contribution in [2.24, 2.45) is 11.3 Å². The van der Waals surface area contributed by atoms with Crippen LogP contribution in [0.4, 0.5) is 0 Å². The molecule has 0 unspecified atom stereocenters. The third-order valence-electron chi connectivity index (χ3n) is 7.07. The highest BCUT2D eigenvalue weighted by molar-refractivity contribution is 5.81. The molecule has 148 valence electrons. The number of fused-ring (bicyclic) bond motifs is 2. The van der Waals surface area contributed by atoms with E-state index >= 15 is 0 Å². The number of hydrogen-bond donors (Lipinski definition) is 1. The lowest BCUT2D eigenvalue weighted by molar-refractivity contribution is -0.123. The highest BCUT2D eigenvalue weighted by Gasteiger charge is 2.42. The Balaban J connectivity index is 1.45. The van der Waals surface area contributed by atoms with Crippen molar-refractivity contribution in [3.63, 3.8) is 0 Å². The highest BCUT2D eigenvalue weighted by atomic mass is 16.2. The Kier molecular flexibility index (Phi) is 5.09. The van der Waals surface area contributed by atoms with Crippen LogP contribution in [0, 0.1) is 11.3 Å². The van der Waals surface area contributed by atoms with Crippen molar-refractivity contribution in [1.29, 1.82) is 0 Å². The molecule has 1 spiro atoms. The molecule has 1 aromatic rings. The predicted molar refractivity (Wildman–Crippen MR) is 111 cm³/mol. The largest absolute Gasteiger partial charge is 0.349 e. The molecule has 1 saturated heterocycles. The quantitative estimate of drug-likeness (QED) is 0.826. The Morgan fingerprint density at radius 3 is 2.48 bits per heavy atom. The van der Waals surface area contributed by atoms with E-state index in [1.54, 1.807) is 0 Å². The molecule has 1 heterocycles. The number of carbonyl (C=O) groups excluding carboxylic acids is 1. The second-order valence-electron chi connectivity index (χ2n) is 10.4. The Hall–Kier alpha value is -1.35. The van der Waals surface area contributed by atoms with Crippen LogP contribution in [0.15, 0.2) is 24.3 Å². The van der Waals surface area contributed by atoms with Crippen LogP contribution in [-0.4, -0.2) is 30.4 Å². The molecule has 2 aliphatic carbocycles. The molecule has 3 aliphatic rings. The predicted octanol–water partition coefficient (Wildman–Crippen LogP) is 4.82. The van der Waals surface area contributed by atoms with E-state index in [-0.39, 0.29) is 11.9 Å². The molecule has 0 radical (unpaired) electrons. The molecule has 3 nitrogen and oxygen atoms in total. The van der Waals surface area contributed by atoms with Crippen molar-refractivity contribution >= 4 is 5.91 Å². The van der Waals surface area contributed by atoms with E-state index < -0.39 is 0 Å². The first kappa shape index (κ1) is 19.0. The first-order valence-electron chi connectivity index (χ1n) is 11.0. The molecular formula is C24H36N2O. The summed E-state index contributed by atoms with van der Waals surface area (Å²) in [5, 5.41) is 3.36. The molecule has 1 N–H and O–H groups in total. The summed E-state index contributed by atoms with van der Waals surface area (Å²) in [7, 11) is 0. The zero-order valence-corrected chi connectivity index (χ0v) is 17.4. The minimum atomic E-state index is 0.221. The van der Waals surface area contributed by atoms with Crippen LogP contribution in [0.1, 0.15) is 82.9 Å². The SMILES string of the molecule is CC(C)(C)CCN1CCC2(CC[C@H](NC(=O)C3CC3)c3ccccc32)CC1. The summed E-state index contributed by atoms with van der Waals surface area (Å²) in [5.74, 6) is 0.571. The topological polar surface area (TPSA) is 32.3 Å². The Morgan fingerprint density at radius 1 is 1.11 bits per heavy atom. The van der Waals surface area contributed by atoms with Gasteiger partial charge < -0.3 is 10.2 Å². The molecule has 3 heteroatoms. The maximum atomic E-state index is 12.3. The summed E-state index contributed by atoms with van der Waals surface area (Å²) >= 11 is 0. The van der Waals surface area contributed by atoms with Gasteiger partial charge in [-0.2, -0.15) is 0 Å². The van der Waals surface area contributed by atoms with Crippen molar-refractivity contribution in [1.82, 2.24) is 10.2 Å². The molecule has 1 saturated carbocycles. The average molecular weight is 369 g/mol. The Bertz CT molecular complexity index is 678. The molecule has 1 aromatic carbocycles. The van der Waals surface area contributed by atoms with Gasteiger partial charge in [-0.05, 0) is 86.5 Å². The summed E-state index contributed by atoms with van der Waals surface area (Å²) in [6.45, 7) is 10.7. The second kappa shape index (κ2) is 7.24. The van der Waals surface area contributed by atoms with Crippen LogP contribution < -0.4 is 5.32 Å². The maximum absolute atomic E-state index is 12.3. The Morgan fingerprint density at radius 2 is 1.81 bits per heavy atom. The van der Waals surface area contributed by atoms with Crippen LogP contribution in [0.3, 0.4) is 0 Å². The fourth-order valence-corrected chi connectivity index (χ4v) is 5.00. The minimum absolute atomic E-state index is 0.221. The smallest absolute Gasteiger partial charge is 0.223 e. The molecule has 27 heavy (non-hydrogen) atoms. The molecule has 0 bridgehead atoms. The monoisotopic (exact) mass is 368 g/mol. The van der Waals surface area contributed by atoms with Crippen molar-refractivity contribution in [3.05, 3.63) is 35.4 Å². The van der Waals surface area contributed by atoms with Crippen LogP contribution in [0.25, 0.3) is 0 Å². The van der Waals surface area contributed by atoms with E-state index in [0.717, 1.165) is 19.3 Å². The first-order chi connectivity index (χ1) is 12.9. The van der Waals surface area contributed by atoms with Crippen LogP contribution in [0.5, 0.6) is 0 Å². The summed E-state index contributed by atoms with van der Waals surface area (Å²) in [4.78, 5) is 15.0. The number of nitrogens with one attached hydrogen (secondary N) is 1. The maximum Gasteiger partial charge on any atom is 0.223 e. The van der Waals surface area contributed by atoms with Gasteiger partial charge in [0.05, 0.1) is 6.04 Å². The van der Waals surface area contributed by atoms with Crippen molar-refractivity contribution in [2.75, 3.05) is 19.6 Å². The lowest BCUT2D eigenvalue weighted by Crippen LogP contribution is -2.46. The average Bonchev–Trinajstić information content (AvgIpc) is 3.49. The summed E-state index contributed by atoms with van der Waals surface area (Å²) in [6.07, 6.45) is 8.26. The normalized spacial score (nSPS) is 25.2. The van der Waals surface area contributed by atoms with Gasteiger partial charge in [0.15, 0.2) is 0 Å². The number of amides is 1. The number of hydrogen-bond acceptors (Lipinski definition) is 2. The molecule has 2 fully saturated rings. The molecule has 1 aliphatic heterocycles. The zero-order valence-electron chi connectivity index (χ0n) is 17.4. The van der Waals surface area contributed by atoms with Crippen molar-refractivity contribution in [2.45, 2.75) is 77.2 Å². The van der Waals surface area contributed by atoms with Gasteiger partial charge in [0.1, 0.15) is 0 Å². The first-order valence-corrected chi connectivity index (χ1v) is 11.0.